The van der Waals surface area contributed by atoms with Gasteiger partial charge in [0.2, 0.25) is 5.91 Å². The van der Waals surface area contributed by atoms with E-state index in [9.17, 15) is 18.0 Å². The number of nitrogens with zero attached hydrogens (tertiary/aromatic N) is 3. The van der Waals surface area contributed by atoms with Crippen LogP contribution >= 0.6 is 11.3 Å². The molecule has 1 aliphatic rings. The lowest BCUT2D eigenvalue weighted by atomic mass is 10.3. The molecule has 3 rings (SSSR count). The van der Waals surface area contributed by atoms with Crippen molar-refractivity contribution in [3.8, 4) is 0 Å². The van der Waals surface area contributed by atoms with Gasteiger partial charge in [-0.25, -0.2) is 9.97 Å². The van der Waals surface area contributed by atoms with E-state index in [4.69, 9.17) is 21.4 Å². The average molecular weight is 375 g/mol. The lowest BCUT2D eigenvalue weighted by molar-refractivity contribution is -0.344. The highest BCUT2D eigenvalue weighted by atomic mass is 32.1. The van der Waals surface area contributed by atoms with Crippen molar-refractivity contribution in [3.63, 3.8) is 0 Å². The van der Waals surface area contributed by atoms with Crippen molar-refractivity contribution in [2.45, 2.75) is 25.2 Å². The maximum Gasteiger partial charge on any atom is 0.430 e. The van der Waals surface area contributed by atoms with E-state index in [1.807, 2.05) is 6.07 Å². The Morgan fingerprint density at radius 3 is 2.60 bits per heavy atom. The number of aliphatic carboxylic acids is 1. The maximum absolute atomic E-state index is 11.7. The van der Waals surface area contributed by atoms with Crippen LogP contribution in [-0.2, 0) is 16.1 Å². The zero-order valence-electron chi connectivity index (χ0n) is 12.5. The number of rotatable bonds is 2. The number of alkyl halides is 3. The van der Waals surface area contributed by atoms with Crippen LogP contribution in [0.1, 0.15) is 11.3 Å². The molecule has 3 heterocycles. The van der Waals surface area contributed by atoms with Gasteiger partial charge in [0.25, 0.3) is 0 Å². The van der Waals surface area contributed by atoms with Gasteiger partial charge in [0.15, 0.2) is 0 Å². The third-order valence-corrected chi connectivity index (χ3v) is 4.31. The highest BCUT2D eigenvalue weighted by Crippen LogP contribution is 2.28. The van der Waals surface area contributed by atoms with Gasteiger partial charge in [0.05, 0.1) is 11.9 Å². The molecule has 0 spiro atoms. The summed E-state index contributed by atoms with van der Waals surface area (Å²) in [5.41, 5.74) is 13.3. The number of aromatic nitrogens is 2. The van der Waals surface area contributed by atoms with Gasteiger partial charge in [-0.05, 0) is 12.5 Å². The van der Waals surface area contributed by atoms with Crippen molar-refractivity contribution in [1.82, 2.24) is 14.9 Å². The number of hydrogen-bond acceptors (Lipinski definition) is 7. The fourth-order valence-corrected chi connectivity index (χ4v) is 3.10. The number of anilines is 1. The Morgan fingerprint density at radius 2 is 2.12 bits per heavy atom. The van der Waals surface area contributed by atoms with Gasteiger partial charge < -0.3 is 26.3 Å². The topological polar surface area (TPSA) is 136 Å². The van der Waals surface area contributed by atoms with E-state index in [0.717, 1.165) is 15.1 Å². The van der Waals surface area contributed by atoms with E-state index < -0.39 is 18.2 Å². The second-order valence-electron chi connectivity index (χ2n) is 5.08. The number of nitrogens with two attached hydrogens (primary N) is 1. The summed E-state index contributed by atoms with van der Waals surface area (Å²) in [4.78, 5) is 32.1. The van der Waals surface area contributed by atoms with Crippen LogP contribution in [0, 0.1) is 0 Å². The summed E-state index contributed by atoms with van der Waals surface area (Å²) in [7, 11) is 0. The molecule has 1 fully saturated rings. The van der Waals surface area contributed by atoms with Crippen molar-refractivity contribution < 1.29 is 27.9 Å². The number of amides is 1. The third-order valence-electron chi connectivity index (χ3n) is 3.29. The van der Waals surface area contributed by atoms with Gasteiger partial charge in [-0.2, -0.15) is 13.2 Å². The monoisotopic (exact) mass is 375 g/mol. The zero-order chi connectivity index (χ0) is 18.8. The number of nitrogen functional groups attached to an aromatic ring is 1. The minimum atomic E-state index is -5.19. The van der Waals surface area contributed by atoms with Crippen molar-refractivity contribution in [2.24, 2.45) is 0 Å². The standard InChI is InChI=1S/C11H12N5OS.C2HF3O2/c12-8-1-2-16(11(8)17)4-6-3-7-9(13)14-5-15-10(7)18-6;3-2(4,5)1(6)7/h3,5,8,12H,1-2,4H2,(H2,13,14,15);(H,6,7)/q-1;/p-1/t8-;/m0./s1. The van der Waals surface area contributed by atoms with Crippen LogP contribution < -0.4 is 10.8 Å². The van der Waals surface area contributed by atoms with Gasteiger partial charge in [0.1, 0.15) is 22.9 Å². The molecule has 1 saturated heterocycles. The molecule has 3 N–H and O–H groups in total. The predicted molar refractivity (Wildman–Crippen MR) is 81.0 cm³/mol. The Kier molecular flexibility index (Phi) is 5.42. The van der Waals surface area contributed by atoms with Gasteiger partial charge in [-0.15, -0.1) is 11.3 Å². The number of nitrogens with one attached hydrogen (secondary N) is 1. The summed E-state index contributed by atoms with van der Waals surface area (Å²) >= 11 is 1.52. The molecule has 0 aromatic carbocycles. The Bertz CT molecular complexity index is 795. The average Bonchev–Trinajstić information content (AvgIpc) is 3.06. The molecule has 1 atom stereocenters. The minimum Gasteiger partial charge on any atom is -0.667 e. The Hall–Kier alpha value is -2.47. The number of carboxylic acid groups (broad SMARTS) is 1. The first-order chi connectivity index (χ1) is 11.6. The molecule has 0 unspecified atom stereocenters. The molecule has 2 aromatic heterocycles. The van der Waals surface area contributed by atoms with Gasteiger partial charge in [-0.3, -0.25) is 4.79 Å². The van der Waals surface area contributed by atoms with E-state index in [-0.39, 0.29) is 5.91 Å². The summed E-state index contributed by atoms with van der Waals surface area (Å²) in [6.07, 6.45) is -3.13. The maximum atomic E-state index is 11.7. The Labute approximate surface area is 143 Å². The van der Waals surface area contributed by atoms with Crippen LogP contribution in [-0.4, -0.2) is 45.5 Å². The smallest absolute Gasteiger partial charge is 0.430 e. The molecule has 1 amide bonds. The van der Waals surface area contributed by atoms with E-state index in [2.05, 4.69) is 9.97 Å². The lowest BCUT2D eigenvalue weighted by Crippen LogP contribution is -2.37. The quantitative estimate of drug-likeness (QED) is 0.821. The number of carbonyl (C=O) groups excluding carboxylic acids is 2. The lowest BCUT2D eigenvalue weighted by Gasteiger charge is -2.16. The summed E-state index contributed by atoms with van der Waals surface area (Å²) in [5.74, 6) is -2.63. The van der Waals surface area contributed by atoms with Crippen molar-refractivity contribution >= 4 is 39.2 Å². The summed E-state index contributed by atoms with van der Waals surface area (Å²) < 4.78 is 31.5. The second-order valence-corrected chi connectivity index (χ2v) is 6.19. The molecule has 8 nitrogen and oxygen atoms in total. The molecular formula is C13H12F3N5O3S-2. The van der Waals surface area contributed by atoms with E-state index in [1.165, 1.54) is 17.7 Å². The third kappa shape index (κ3) is 4.54. The molecule has 0 saturated carbocycles. The predicted octanol–water partition coefficient (Wildman–Crippen LogP) is 0.725. The van der Waals surface area contributed by atoms with E-state index in [0.29, 0.717) is 25.3 Å². The molecule has 25 heavy (non-hydrogen) atoms. The second kappa shape index (κ2) is 7.19. The molecule has 2 aromatic rings. The fraction of sp³-hybridized carbons (Fsp3) is 0.385. The van der Waals surface area contributed by atoms with E-state index in [1.54, 1.807) is 4.90 Å². The van der Waals surface area contributed by atoms with Gasteiger partial charge in [0, 0.05) is 11.4 Å². The SMILES string of the molecule is O=C([O-])C(F)(F)F.[NH-][C@H]1CCN(Cc2cc3c(N)ncnc3s2)C1=O. The van der Waals surface area contributed by atoms with Crippen LogP contribution in [0.2, 0.25) is 0 Å². The minimum absolute atomic E-state index is 0.0912. The van der Waals surface area contributed by atoms with Crippen LogP contribution in [0.5, 0.6) is 0 Å². The number of carboxylic acids is 1. The number of hydrogen-bond donors (Lipinski definition) is 1. The van der Waals surface area contributed by atoms with Crippen molar-refractivity contribution in [2.75, 3.05) is 12.3 Å². The Balaban J connectivity index is 0.000000277. The van der Waals surface area contributed by atoms with E-state index >= 15 is 0 Å². The fourth-order valence-electron chi connectivity index (χ4n) is 2.09. The van der Waals surface area contributed by atoms with Crippen molar-refractivity contribution in [3.05, 3.63) is 23.0 Å². The summed E-state index contributed by atoms with van der Waals surface area (Å²) in [5, 5.41) is 9.62. The van der Waals surface area contributed by atoms with Crippen LogP contribution in [0.25, 0.3) is 16.0 Å². The zero-order valence-corrected chi connectivity index (χ0v) is 13.4. The number of carbonyl (C=O) groups is 2. The van der Waals surface area contributed by atoms with Gasteiger partial charge >= 0.3 is 6.18 Å². The molecule has 0 aliphatic carbocycles. The molecule has 0 bridgehead atoms. The molecular weight excluding hydrogens is 363 g/mol. The van der Waals surface area contributed by atoms with Gasteiger partial charge in [-0.1, -0.05) is 6.04 Å². The number of fused-ring (bicyclic) bond motifs is 1. The summed E-state index contributed by atoms with van der Waals surface area (Å²) in [6, 6.07) is 1.34. The molecule has 1 aliphatic heterocycles. The van der Waals surface area contributed by atoms with Crippen molar-refractivity contribution in [1.29, 1.82) is 0 Å². The molecule has 0 radical (unpaired) electrons. The normalized spacial score (nSPS) is 17.5. The van der Waals surface area contributed by atoms with Crippen LogP contribution in [0.3, 0.4) is 0 Å². The first-order valence-corrected chi connectivity index (χ1v) is 7.68. The van der Waals surface area contributed by atoms with Crippen LogP contribution in [0.15, 0.2) is 12.4 Å². The Morgan fingerprint density at radius 1 is 1.48 bits per heavy atom. The number of thiophene rings is 1. The summed E-state index contributed by atoms with van der Waals surface area (Å²) in [6.45, 7) is 1.19. The molecule has 12 heteroatoms. The highest BCUT2D eigenvalue weighted by molar-refractivity contribution is 7.18. The number of halogens is 3. The first kappa shape index (κ1) is 18.9. The largest absolute Gasteiger partial charge is 0.667 e. The highest BCUT2D eigenvalue weighted by Gasteiger charge is 2.28. The molecule has 136 valence electrons. The van der Waals surface area contributed by atoms with Crippen LogP contribution in [0.4, 0.5) is 19.0 Å². The number of likely N-dealkylation sites (tertiary alicyclic amines) is 1. The first-order valence-electron chi connectivity index (χ1n) is 6.86.